The summed E-state index contributed by atoms with van der Waals surface area (Å²) in [6.45, 7) is 8.94. The van der Waals surface area contributed by atoms with Gasteiger partial charge in [0.25, 0.3) is 0 Å². The first-order valence-corrected chi connectivity index (χ1v) is 7.08. The maximum absolute atomic E-state index is 5.54. The monoisotopic (exact) mass is 260 g/mol. The number of hydrogen-bond donors (Lipinski definition) is 2. The van der Waals surface area contributed by atoms with E-state index in [1.54, 1.807) is 0 Å². The molecule has 1 heterocycles. The van der Waals surface area contributed by atoms with Gasteiger partial charge in [-0.25, -0.2) is 0 Å². The molecule has 2 rings (SSSR count). The number of aromatic nitrogens is 1. The standard InChI is InChI=1S/C16H24N2O/c1-4-19-11-16(12(2)3)18-10-13-5-6-15-14(9-13)7-8-17-15/h5-9,12,16-18H,4,10-11H2,1-3H3. The fourth-order valence-electron chi connectivity index (χ4n) is 2.19. The number of fused-ring (bicyclic) bond motifs is 1. The molecule has 0 saturated heterocycles. The van der Waals surface area contributed by atoms with Gasteiger partial charge in [0, 0.05) is 30.9 Å². The smallest absolute Gasteiger partial charge is 0.0622 e. The van der Waals surface area contributed by atoms with Gasteiger partial charge in [-0.05, 0) is 42.0 Å². The van der Waals surface area contributed by atoms with Crippen LogP contribution < -0.4 is 5.32 Å². The van der Waals surface area contributed by atoms with Crippen molar-refractivity contribution in [1.82, 2.24) is 10.3 Å². The number of aromatic amines is 1. The Balaban J connectivity index is 1.95. The zero-order valence-corrected chi connectivity index (χ0v) is 12.1. The molecule has 0 saturated carbocycles. The summed E-state index contributed by atoms with van der Waals surface area (Å²) in [7, 11) is 0. The van der Waals surface area contributed by atoms with Gasteiger partial charge < -0.3 is 15.0 Å². The molecule has 3 nitrogen and oxygen atoms in total. The van der Waals surface area contributed by atoms with E-state index in [9.17, 15) is 0 Å². The van der Waals surface area contributed by atoms with E-state index in [2.05, 4.69) is 48.4 Å². The second-order valence-corrected chi connectivity index (χ2v) is 5.29. The van der Waals surface area contributed by atoms with Crippen molar-refractivity contribution in [3.63, 3.8) is 0 Å². The molecule has 1 unspecified atom stereocenters. The van der Waals surface area contributed by atoms with Crippen LogP contribution in [0, 0.1) is 5.92 Å². The second-order valence-electron chi connectivity index (χ2n) is 5.29. The van der Waals surface area contributed by atoms with Gasteiger partial charge in [-0.1, -0.05) is 19.9 Å². The lowest BCUT2D eigenvalue weighted by molar-refractivity contribution is 0.108. The van der Waals surface area contributed by atoms with Crippen LogP contribution >= 0.6 is 0 Å². The van der Waals surface area contributed by atoms with Crippen molar-refractivity contribution in [1.29, 1.82) is 0 Å². The Morgan fingerprint density at radius 1 is 1.26 bits per heavy atom. The number of hydrogen-bond acceptors (Lipinski definition) is 2. The van der Waals surface area contributed by atoms with Crippen LogP contribution in [0.1, 0.15) is 26.3 Å². The van der Waals surface area contributed by atoms with Crippen molar-refractivity contribution in [2.45, 2.75) is 33.4 Å². The maximum atomic E-state index is 5.54. The molecule has 0 bridgehead atoms. The van der Waals surface area contributed by atoms with Crippen molar-refractivity contribution < 1.29 is 4.74 Å². The van der Waals surface area contributed by atoms with E-state index in [0.29, 0.717) is 12.0 Å². The molecule has 1 aromatic heterocycles. The quantitative estimate of drug-likeness (QED) is 0.801. The molecule has 1 aromatic carbocycles. The molecule has 2 aromatic rings. The first kappa shape index (κ1) is 14.1. The summed E-state index contributed by atoms with van der Waals surface area (Å²) in [6.07, 6.45) is 1.98. The lowest BCUT2D eigenvalue weighted by Gasteiger charge is -2.22. The zero-order valence-electron chi connectivity index (χ0n) is 12.1. The van der Waals surface area contributed by atoms with E-state index >= 15 is 0 Å². The largest absolute Gasteiger partial charge is 0.380 e. The Morgan fingerprint density at radius 3 is 2.84 bits per heavy atom. The lowest BCUT2D eigenvalue weighted by atomic mass is 10.0. The Morgan fingerprint density at radius 2 is 2.11 bits per heavy atom. The molecular formula is C16H24N2O. The Bertz CT molecular complexity index is 504. The summed E-state index contributed by atoms with van der Waals surface area (Å²) in [5, 5.41) is 4.86. The molecule has 3 heteroatoms. The van der Waals surface area contributed by atoms with Crippen LogP contribution in [-0.4, -0.2) is 24.2 Å². The van der Waals surface area contributed by atoms with E-state index in [1.165, 1.54) is 16.5 Å². The predicted molar refractivity (Wildman–Crippen MR) is 80.3 cm³/mol. The zero-order chi connectivity index (χ0) is 13.7. The van der Waals surface area contributed by atoms with Gasteiger partial charge in [-0.2, -0.15) is 0 Å². The van der Waals surface area contributed by atoms with Gasteiger partial charge in [0.15, 0.2) is 0 Å². The molecule has 0 aliphatic carbocycles. The SMILES string of the molecule is CCOCC(NCc1ccc2[nH]ccc2c1)C(C)C. The first-order chi connectivity index (χ1) is 9.20. The fraction of sp³-hybridized carbons (Fsp3) is 0.500. The third-order valence-corrected chi connectivity index (χ3v) is 3.49. The normalized spacial score (nSPS) is 13.3. The van der Waals surface area contributed by atoms with Gasteiger partial charge in [0.2, 0.25) is 0 Å². The predicted octanol–water partition coefficient (Wildman–Crippen LogP) is 3.32. The fourth-order valence-corrected chi connectivity index (χ4v) is 2.19. The summed E-state index contributed by atoms with van der Waals surface area (Å²) < 4.78 is 5.54. The minimum absolute atomic E-state index is 0.405. The van der Waals surface area contributed by atoms with Crippen molar-refractivity contribution in [2.24, 2.45) is 5.92 Å². The molecule has 0 fully saturated rings. The highest BCUT2D eigenvalue weighted by Crippen LogP contribution is 2.14. The number of benzene rings is 1. The third kappa shape index (κ3) is 3.82. The van der Waals surface area contributed by atoms with Crippen LogP contribution in [-0.2, 0) is 11.3 Å². The summed E-state index contributed by atoms with van der Waals surface area (Å²) in [4.78, 5) is 3.22. The number of rotatable bonds is 7. The summed E-state index contributed by atoms with van der Waals surface area (Å²) in [6, 6.07) is 9.06. The maximum Gasteiger partial charge on any atom is 0.0622 e. The van der Waals surface area contributed by atoms with Gasteiger partial charge in [-0.15, -0.1) is 0 Å². The molecular weight excluding hydrogens is 236 g/mol. The van der Waals surface area contributed by atoms with Gasteiger partial charge in [-0.3, -0.25) is 0 Å². The van der Waals surface area contributed by atoms with Crippen molar-refractivity contribution >= 4 is 10.9 Å². The molecule has 2 N–H and O–H groups in total. The van der Waals surface area contributed by atoms with Crippen LogP contribution in [0.3, 0.4) is 0 Å². The molecule has 19 heavy (non-hydrogen) atoms. The highest BCUT2D eigenvalue weighted by atomic mass is 16.5. The van der Waals surface area contributed by atoms with Crippen LogP contribution in [0.15, 0.2) is 30.5 Å². The number of nitrogens with one attached hydrogen (secondary N) is 2. The molecule has 0 amide bonds. The summed E-state index contributed by atoms with van der Waals surface area (Å²) >= 11 is 0. The minimum atomic E-state index is 0.405. The second kappa shape index (κ2) is 6.73. The van der Waals surface area contributed by atoms with Gasteiger partial charge >= 0.3 is 0 Å². The number of ether oxygens (including phenoxy) is 1. The third-order valence-electron chi connectivity index (χ3n) is 3.49. The Hall–Kier alpha value is -1.32. The van der Waals surface area contributed by atoms with Crippen LogP contribution in [0.2, 0.25) is 0 Å². The van der Waals surface area contributed by atoms with E-state index < -0.39 is 0 Å². The Labute approximate surface area is 115 Å². The van der Waals surface area contributed by atoms with Gasteiger partial charge in [0.05, 0.1) is 6.61 Å². The highest BCUT2D eigenvalue weighted by molar-refractivity contribution is 5.79. The van der Waals surface area contributed by atoms with E-state index in [-0.39, 0.29) is 0 Å². The molecule has 0 radical (unpaired) electrons. The summed E-state index contributed by atoms with van der Waals surface area (Å²) in [5.74, 6) is 0.572. The van der Waals surface area contributed by atoms with Crippen LogP contribution in [0.4, 0.5) is 0 Å². The van der Waals surface area contributed by atoms with Crippen molar-refractivity contribution in [3.05, 3.63) is 36.0 Å². The van der Waals surface area contributed by atoms with Crippen LogP contribution in [0.25, 0.3) is 10.9 Å². The van der Waals surface area contributed by atoms with Crippen molar-refractivity contribution in [3.8, 4) is 0 Å². The Kier molecular flexibility index (Phi) is 5.00. The van der Waals surface area contributed by atoms with E-state index in [4.69, 9.17) is 4.74 Å². The lowest BCUT2D eigenvalue weighted by Crippen LogP contribution is -2.37. The average molecular weight is 260 g/mol. The topological polar surface area (TPSA) is 37.0 Å². The van der Waals surface area contributed by atoms with Crippen molar-refractivity contribution in [2.75, 3.05) is 13.2 Å². The average Bonchev–Trinajstić information content (AvgIpc) is 2.85. The molecule has 0 aliphatic rings. The van der Waals surface area contributed by atoms with E-state index in [0.717, 1.165) is 19.8 Å². The first-order valence-electron chi connectivity index (χ1n) is 7.08. The van der Waals surface area contributed by atoms with Crippen LogP contribution in [0.5, 0.6) is 0 Å². The van der Waals surface area contributed by atoms with Gasteiger partial charge in [0.1, 0.15) is 0 Å². The molecule has 0 aliphatic heterocycles. The minimum Gasteiger partial charge on any atom is -0.380 e. The summed E-state index contributed by atoms with van der Waals surface area (Å²) in [5.41, 5.74) is 2.51. The number of H-pyrrole nitrogens is 1. The molecule has 104 valence electrons. The highest BCUT2D eigenvalue weighted by Gasteiger charge is 2.12. The van der Waals surface area contributed by atoms with E-state index in [1.807, 2.05) is 13.1 Å². The molecule has 0 spiro atoms. The molecule has 1 atom stereocenters.